The molecule has 0 fully saturated rings. The summed E-state index contributed by atoms with van der Waals surface area (Å²) in [6.07, 6.45) is 7.25. The zero-order valence-electron chi connectivity index (χ0n) is 14.6. The molecule has 0 spiro atoms. The van der Waals surface area contributed by atoms with Gasteiger partial charge in [0.25, 0.3) is 0 Å². The van der Waals surface area contributed by atoms with Gasteiger partial charge in [-0.05, 0) is 57.6 Å². The van der Waals surface area contributed by atoms with Gasteiger partial charge in [-0.3, -0.25) is 4.79 Å². The Balaban J connectivity index is 2.41. The number of carbonyl (C=O) groups is 1. The van der Waals surface area contributed by atoms with E-state index >= 15 is 0 Å². The van der Waals surface area contributed by atoms with Gasteiger partial charge >= 0.3 is 5.97 Å². The molecule has 2 nitrogen and oxygen atoms in total. The molecule has 0 radical (unpaired) electrons. The van der Waals surface area contributed by atoms with Gasteiger partial charge in [-0.25, -0.2) is 0 Å². The molecule has 0 saturated carbocycles. The molecule has 2 heteroatoms. The van der Waals surface area contributed by atoms with Crippen molar-refractivity contribution in [3.05, 3.63) is 48.0 Å². The van der Waals surface area contributed by atoms with Gasteiger partial charge in [-0.1, -0.05) is 50.3 Å². The van der Waals surface area contributed by atoms with Crippen LogP contribution in [0.1, 0.15) is 53.0 Å². The third-order valence-corrected chi connectivity index (χ3v) is 3.52. The lowest BCUT2D eigenvalue weighted by Gasteiger charge is -2.23. The van der Waals surface area contributed by atoms with Crippen molar-refractivity contribution in [1.29, 1.82) is 0 Å². The van der Waals surface area contributed by atoms with Crippen molar-refractivity contribution in [3.63, 3.8) is 0 Å². The fourth-order valence-electron chi connectivity index (χ4n) is 2.00. The van der Waals surface area contributed by atoms with Gasteiger partial charge in [0.05, 0.1) is 5.41 Å². The van der Waals surface area contributed by atoms with E-state index in [1.165, 1.54) is 5.56 Å². The number of carbonyl (C=O) groups excluding carboxylic acids is 1. The highest BCUT2D eigenvalue weighted by atomic mass is 16.5. The molecule has 0 aliphatic rings. The van der Waals surface area contributed by atoms with Crippen LogP contribution in [0.2, 0.25) is 0 Å². The van der Waals surface area contributed by atoms with Gasteiger partial charge in [0.15, 0.2) is 0 Å². The van der Waals surface area contributed by atoms with E-state index in [0.717, 1.165) is 19.3 Å². The number of unbranched alkanes of at least 4 members (excludes halogenated alkanes) is 1. The number of ether oxygens (including phenoxy) is 1. The zero-order chi connectivity index (χ0) is 16.6. The Bertz CT molecular complexity index is 466. The van der Waals surface area contributed by atoms with Crippen LogP contribution in [0.4, 0.5) is 0 Å². The SMILES string of the molecule is CC(C)[C@@H](/C=C\CCCc1ccccc1)OC(=O)C(C)(C)C. The van der Waals surface area contributed by atoms with Crippen LogP contribution in [0.3, 0.4) is 0 Å². The topological polar surface area (TPSA) is 26.3 Å². The van der Waals surface area contributed by atoms with Crippen LogP contribution in [0.15, 0.2) is 42.5 Å². The molecule has 0 N–H and O–H groups in total. The van der Waals surface area contributed by atoms with Crippen molar-refractivity contribution in [2.75, 3.05) is 0 Å². The Morgan fingerprint density at radius 2 is 1.82 bits per heavy atom. The number of benzene rings is 1. The van der Waals surface area contributed by atoms with Crippen LogP contribution in [-0.2, 0) is 16.0 Å². The van der Waals surface area contributed by atoms with Crippen molar-refractivity contribution >= 4 is 5.97 Å². The molecular weight excluding hydrogens is 272 g/mol. The predicted molar refractivity (Wildman–Crippen MR) is 92.7 cm³/mol. The van der Waals surface area contributed by atoms with Crippen molar-refractivity contribution in [1.82, 2.24) is 0 Å². The summed E-state index contributed by atoms with van der Waals surface area (Å²) in [5.41, 5.74) is 0.921. The van der Waals surface area contributed by atoms with Crippen molar-refractivity contribution in [2.45, 2.75) is 60.0 Å². The molecule has 1 rings (SSSR count). The minimum Gasteiger partial charge on any atom is -0.457 e. The second-order valence-corrected chi connectivity index (χ2v) is 7.17. The summed E-state index contributed by atoms with van der Waals surface area (Å²) in [5, 5.41) is 0. The highest BCUT2D eigenvalue weighted by molar-refractivity contribution is 5.75. The lowest BCUT2D eigenvalue weighted by atomic mass is 9.97. The Morgan fingerprint density at radius 1 is 1.18 bits per heavy atom. The van der Waals surface area contributed by atoms with Gasteiger partial charge < -0.3 is 4.74 Å². The molecule has 0 aliphatic carbocycles. The van der Waals surface area contributed by atoms with Crippen molar-refractivity contribution in [3.8, 4) is 0 Å². The summed E-state index contributed by atoms with van der Waals surface area (Å²) in [4.78, 5) is 12.0. The minimum absolute atomic E-state index is 0.136. The van der Waals surface area contributed by atoms with E-state index in [1.54, 1.807) is 0 Å². The van der Waals surface area contributed by atoms with Gasteiger partial charge in [-0.2, -0.15) is 0 Å². The molecule has 1 aromatic carbocycles. The first kappa shape index (κ1) is 18.5. The first-order valence-electron chi connectivity index (χ1n) is 8.22. The number of hydrogen-bond donors (Lipinski definition) is 0. The highest BCUT2D eigenvalue weighted by Gasteiger charge is 2.26. The van der Waals surface area contributed by atoms with Gasteiger partial charge in [0.1, 0.15) is 6.10 Å². The number of hydrogen-bond acceptors (Lipinski definition) is 2. The van der Waals surface area contributed by atoms with Gasteiger partial charge in [0.2, 0.25) is 0 Å². The Hall–Kier alpha value is -1.57. The maximum atomic E-state index is 12.0. The monoisotopic (exact) mass is 302 g/mol. The molecule has 0 unspecified atom stereocenters. The Labute approximate surface area is 135 Å². The lowest BCUT2D eigenvalue weighted by Crippen LogP contribution is -2.29. The van der Waals surface area contributed by atoms with E-state index in [-0.39, 0.29) is 18.0 Å². The van der Waals surface area contributed by atoms with E-state index < -0.39 is 5.41 Å². The Kier molecular flexibility index (Phi) is 7.37. The number of rotatable bonds is 7. The average Bonchev–Trinajstić information content (AvgIpc) is 2.45. The number of aryl methyl sites for hydroxylation is 1. The average molecular weight is 302 g/mol. The highest BCUT2D eigenvalue weighted by Crippen LogP contribution is 2.19. The molecule has 0 amide bonds. The predicted octanol–water partition coefficient (Wildman–Crippen LogP) is 5.18. The zero-order valence-corrected chi connectivity index (χ0v) is 14.6. The molecular formula is C20H30O2. The largest absolute Gasteiger partial charge is 0.457 e. The molecule has 1 atom stereocenters. The van der Waals surface area contributed by atoms with Crippen LogP contribution >= 0.6 is 0 Å². The smallest absolute Gasteiger partial charge is 0.311 e. The van der Waals surface area contributed by atoms with E-state index in [4.69, 9.17) is 4.74 Å². The summed E-state index contributed by atoms with van der Waals surface area (Å²) >= 11 is 0. The third-order valence-electron chi connectivity index (χ3n) is 3.52. The molecule has 122 valence electrons. The minimum atomic E-state index is -0.450. The summed E-state index contributed by atoms with van der Waals surface area (Å²) in [6.45, 7) is 9.81. The van der Waals surface area contributed by atoms with Crippen LogP contribution < -0.4 is 0 Å². The fourth-order valence-corrected chi connectivity index (χ4v) is 2.00. The summed E-state index contributed by atoms with van der Waals surface area (Å²) < 4.78 is 5.62. The fraction of sp³-hybridized carbons (Fsp3) is 0.550. The van der Waals surface area contributed by atoms with E-state index in [0.29, 0.717) is 0 Å². The molecule has 0 aliphatic heterocycles. The van der Waals surface area contributed by atoms with Crippen LogP contribution in [0.5, 0.6) is 0 Å². The maximum absolute atomic E-state index is 12.0. The van der Waals surface area contributed by atoms with Gasteiger partial charge in [0, 0.05) is 0 Å². The summed E-state index contributed by atoms with van der Waals surface area (Å²) in [6, 6.07) is 10.5. The maximum Gasteiger partial charge on any atom is 0.311 e. The molecule has 0 aromatic heterocycles. The van der Waals surface area contributed by atoms with Crippen LogP contribution in [0, 0.1) is 11.3 Å². The second kappa shape index (κ2) is 8.77. The molecule has 1 aromatic rings. The molecule has 0 heterocycles. The van der Waals surface area contributed by atoms with E-state index in [1.807, 2.05) is 32.9 Å². The van der Waals surface area contributed by atoms with Crippen molar-refractivity contribution in [2.24, 2.45) is 11.3 Å². The Morgan fingerprint density at radius 3 is 2.36 bits per heavy atom. The molecule has 22 heavy (non-hydrogen) atoms. The summed E-state index contributed by atoms with van der Waals surface area (Å²) in [5.74, 6) is 0.150. The van der Waals surface area contributed by atoms with Crippen LogP contribution in [0.25, 0.3) is 0 Å². The summed E-state index contributed by atoms with van der Waals surface area (Å²) in [7, 11) is 0. The lowest BCUT2D eigenvalue weighted by molar-refractivity contribution is -0.158. The number of allylic oxidation sites excluding steroid dienone is 1. The number of esters is 1. The van der Waals surface area contributed by atoms with E-state index in [9.17, 15) is 4.79 Å². The quantitative estimate of drug-likeness (QED) is 0.394. The second-order valence-electron chi connectivity index (χ2n) is 7.17. The van der Waals surface area contributed by atoms with Gasteiger partial charge in [-0.15, -0.1) is 0 Å². The van der Waals surface area contributed by atoms with Crippen molar-refractivity contribution < 1.29 is 9.53 Å². The normalized spacial score (nSPS) is 13.5. The standard InChI is InChI=1S/C20H30O2/c1-16(2)18(22-19(21)20(3,4)5)15-11-7-10-14-17-12-8-6-9-13-17/h6,8-9,11-13,15-16,18H,7,10,14H2,1-5H3/b15-11-/t18-/m1/s1. The third kappa shape index (κ3) is 6.93. The van der Waals surface area contributed by atoms with E-state index in [2.05, 4.69) is 44.2 Å². The molecule has 0 saturated heterocycles. The molecule has 0 bridgehead atoms. The first-order chi connectivity index (χ1) is 10.3. The first-order valence-corrected chi connectivity index (χ1v) is 8.22. The van der Waals surface area contributed by atoms with Crippen LogP contribution in [-0.4, -0.2) is 12.1 Å².